The van der Waals surface area contributed by atoms with Gasteiger partial charge in [-0.1, -0.05) is 20.8 Å². The third-order valence-corrected chi connectivity index (χ3v) is 8.03. The highest BCUT2D eigenvalue weighted by molar-refractivity contribution is 7.91. The molecule has 0 radical (unpaired) electrons. The number of hydrogen-bond donors (Lipinski definition) is 0. The van der Waals surface area contributed by atoms with Crippen LogP contribution in [0.4, 0.5) is 0 Å². The van der Waals surface area contributed by atoms with Gasteiger partial charge in [0.1, 0.15) is 4.88 Å². The SMILES string of the molecule is CC(C)(C)c1ncc(C(=O)N2CCC(N3CCS(=O)(=O)CC3)CC2)s1. The molecule has 2 fully saturated rings. The highest BCUT2D eigenvalue weighted by Gasteiger charge is 2.31. The number of nitrogens with zero attached hydrogens (tertiary/aromatic N) is 3. The van der Waals surface area contributed by atoms with Gasteiger partial charge in [0.25, 0.3) is 5.91 Å². The summed E-state index contributed by atoms with van der Waals surface area (Å²) in [6.45, 7) is 9.03. The molecule has 0 aromatic carbocycles. The molecule has 2 aliphatic rings. The number of sulfone groups is 1. The van der Waals surface area contributed by atoms with E-state index >= 15 is 0 Å². The number of rotatable bonds is 2. The third kappa shape index (κ3) is 4.41. The summed E-state index contributed by atoms with van der Waals surface area (Å²) in [4.78, 5) is 22.0. The molecule has 0 spiro atoms. The number of likely N-dealkylation sites (tertiary alicyclic amines) is 1. The number of hydrogen-bond acceptors (Lipinski definition) is 6. The molecule has 25 heavy (non-hydrogen) atoms. The van der Waals surface area contributed by atoms with Gasteiger partial charge in [-0.25, -0.2) is 13.4 Å². The Hall–Kier alpha value is -0.990. The van der Waals surface area contributed by atoms with Crippen LogP contribution in [0.15, 0.2) is 6.20 Å². The Kier molecular flexibility index (Phi) is 5.23. The molecule has 1 amide bonds. The Bertz CT molecular complexity index is 715. The lowest BCUT2D eigenvalue weighted by Gasteiger charge is -2.39. The number of carbonyl (C=O) groups excluding carboxylic acids is 1. The number of aromatic nitrogens is 1. The highest BCUT2D eigenvalue weighted by Crippen LogP contribution is 2.28. The fraction of sp³-hybridized carbons (Fsp3) is 0.765. The number of thiazole rings is 1. The van der Waals surface area contributed by atoms with Crippen LogP contribution in [-0.2, 0) is 15.3 Å². The summed E-state index contributed by atoms with van der Waals surface area (Å²) in [5.41, 5.74) is -0.0369. The Morgan fingerprint density at radius 2 is 1.76 bits per heavy atom. The Morgan fingerprint density at radius 1 is 1.16 bits per heavy atom. The zero-order valence-electron chi connectivity index (χ0n) is 15.2. The molecule has 3 heterocycles. The Labute approximate surface area is 154 Å². The van der Waals surface area contributed by atoms with E-state index in [2.05, 4.69) is 30.7 Å². The van der Waals surface area contributed by atoms with E-state index in [0.29, 0.717) is 24.0 Å². The van der Waals surface area contributed by atoms with Crippen molar-refractivity contribution >= 4 is 27.1 Å². The summed E-state index contributed by atoms with van der Waals surface area (Å²) in [6, 6.07) is 0.395. The smallest absolute Gasteiger partial charge is 0.265 e. The van der Waals surface area contributed by atoms with Gasteiger partial charge >= 0.3 is 0 Å². The van der Waals surface area contributed by atoms with E-state index in [9.17, 15) is 13.2 Å². The summed E-state index contributed by atoms with van der Waals surface area (Å²) in [7, 11) is -2.84. The van der Waals surface area contributed by atoms with Crippen LogP contribution in [0.5, 0.6) is 0 Å². The molecule has 0 aliphatic carbocycles. The molecule has 0 saturated carbocycles. The minimum absolute atomic E-state index is 0.0369. The first-order valence-electron chi connectivity index (χ1n) is 8.86. The largest absolute Gasteiger partial charge is 0.338 e. The van der Waals surface area contributed by atoms with Gasteiger partial charge in [0.15, 0.2) is 9.84 Å². The molecule has 1 aromatic rings. The van der Waals surface area contributed by atoms with Gasteiger partial charge in [-0.3, -0.25) is 9.69 Å². The van der Waals surface area contributed by atoms with E-state index in [4.69, 9.17) is 0 Å². The Balaban J connectivity index is 1.55. The molecule has 0 N–H and O–H groups in total. The zero-order chi connectivity index (χ0) is 18.2. The average molecular weight is 386 g/mol. The molecule has 0 bridgehead atoms. The van der Waals surface area contributed by atoms with Crippen LogP contribution in [0.1, 0.15) is 48.3 Å². The van der Waals surface area contributed by atoms with Crippen molar-refractivity contribution in [3.05, 3.63) is 16.1 Å². The lowest BCUT2D eigenvalue weighted by atomic mass is 9.98. The second kappa shape index (κ2) is 6.96. The lowest BCUT2D eigenvalue weighted by molar-refractivity contribution is 0.0634. The summed E-state index contributed by atoms with van der Waals surface area (Å²) in [5, 5.41) is 0.986. The molecule has 0 atom stereocenters. The minimum atomic E-state index is -2.84. The van der Waals surface area contributed by atoms with Crippen molar-refractivity contribution in [2.75, 3.05) is 37.7 Å². The first kappa shape index (κ1) is 18.8. The van der Waals surface area contributed by atoms with Crippen molar-refractivity contribution in [3.63, 3.8) is 0 Å². The lowest BCUT2D eigenvalue weighted by Crippen LogP contribution is -2.51. The van der Waals surface area contributed by atoms with E-state index in [0.717, 1.165) is 30.9 Å². The van der Waals surface area contributed by atoms with Gasteiger partial charge in [0, 0.05) is 37.6 Å². The summed E-state index contributed by atoms with van der Waals surface area (Å²) < 4.78 is 23.1. The fourth-order valence-corrected chi connectivity index (χ4v) is 5.57. The maximum absolute atomic E-state index is 12.7. The fourth-order valence-electron chi connectivity index (χ4n) is 3.40. The topological polar surface area (TPSA) is 70.6 Å². The standard InChI is InChI=1S/C17H27N3O3S2/c1-17(2,3)16-18-12-14(24-16)15(21)20-6-4-13(5-7-20)19-8-10-25(22,23)11-9-19/h12-13H,4-11H2,1-3H3. The van der Waals surface area contributed by atoms with E-state index in [1.54, 1.807) is 6.20 Å². The number of amides is 1. The zero-order valence-corrected chi connectivity index (χ0v) is 16.8. The van der Waals surface area contributed by atoms with Crippen LogP contribution >= 0.6 is 11.3 Å². The van der Waals surface area contributed by atoms with Gasteiger partial charge in [0.05, 0.1) is 22.7 Å². The van der Waals surface area contributed by atoms with Crippen LogP contribution in [-0.4, -0.2) is 72.8 Å². The van der Waals surface area contributed by atoms with E-state index in [-0.39, 0.29) is 22.8 Å². The molecule has 0 unspecified atom stereocenters. The van der Waals surface area contributed by atoms with Gasteiger partial charge < -0.3 is 4.90 Å². The van der Waals surface area contributed by atoms with E-state index < -0.39 is 9.84 Å². The predicted molar refractivity (Wildman–Crippen MR) is 100.0 cm³/mol. The third-order valence-electron chi connectivity index (χ3n) is 5.01. The monoisotopic (exact) mass is 385 g/mol. The number of piperidine rings is 1. The average Bonchev–Trinajstić information content (AvgIpc) is 3.05. The molecular formula is C17H27N3O3S2. The molecule has 1 aromatic heterocycles. The van der Waals surface area contributed by atoms with Crippen molar-refractivity contribution in [1.82, 2.24) is 14.8 Å². The van der Waals surface area contributed by atoms with Gasteiger partial charge in [-0.05, 0) is 12.8 Å². The quantitative estimate of drug-likeness (QED) is 0.776. The first-order chi connectivity index (χ1) is 11.7. The highest BCUT2D eigenvalue weighted by atomic mass is 32.2. The molecule has 8 heteroatoms. The molecule has 3 rings (SSSR count). The van der Waals surface area contributed by atoms with Crippen LogP contribution in [0.3, 0.4) is 0 Å². The summed E-state index contributed by atoms with van der Waals surface area (Å²) in [6.07, 6.45) is 3.53. The maximum Gasteiger partial charge on any atom is 0.265 e. The predicted octanol–water partition coefficient (Wildman–Crippen LogP) is 1.78. The Morgan fingerprint density at radius 3 is 2.28 bits per heavy atom. The van der Waals surface area contributed by atoms with E-state index in [1.807, 2.05) is 4.90 Å². The van der Waals surface area contributed by atoms with Crippen molar-refractivity contribution in [1.29, 1.82) is 0 Å². The van der Waals surface area contributed by atoms with Crippen molar-refractivity contribution in [2.24, 2.45) is 0 Å². The second-order valence-electron chi connectivity index (χ2n) is 7.99. The maximum atomic E-state index is 12.7. The second-order valence-corrected chi connectivity index (χ2v) is 11.3. The number of carbonyl (C=O) groups is 1. The van der Waals surface area contributed by atoms with Gasteiger partial charge in [0.2, 0.25) is 0 Å². The van der Waals surface area contributed by atoms with Gasteiger partial charge in [-0.15, -0.1) is 11.3 Å². The van der Waals surface area contributed by atoms with Crippen molar-refractivity contribution in [2.45, 2.75) is 45.1 Å². The molecule has 2 saturated heterocycles. The summed E-state index contributed by atoms with van der Waals surface area (Å²) in [5.74, 6) is 0.609. The molecular weight excluding hydrogens is 358 g/mol. The van der Waals surface area contributed by atoms with E-state index in [1.165, 1.54) is 11.3 Å². The molecule has 6 nitrogen and oxygen atoms in total. The van der Waals surface area contributed by atoms with Crippen LogP contribution in [0.25, 0.3) is 0 Å². The normalized spacial score (nSPS) is 22.9. The molecule has 2 aliphatic heterocycles. The van der Waals surface area contributed by atoms with Crippen LogP contribution in [0.2, 0.25) is 0 Å². The van der Waals surface area contributed by atoms with Gasteiger partial charge in [-0.2, -0.15) is 0 Å². The summed E-state index contributed by atoms with van der Waals surface area (Å²) >= 11 is 1.49. The van der Waals surface area contributed by atoms with Crippen molar-refractivity contribution < 1.29 is 13.2 Å². The minimum Gasteiger partial charge on any atom is -0.338 e. The molecule has 140 valence electrons. The van der Waals surface area contributed by atoms with Crippen molar-refractivity contribution in [3.8, 4) is 0 Å². The van der Waals surface area contributed by atoms with Crippen LogP contribution in [0, 0.1) is 0 Å². The van der Waals surface area contributed by atoms with Crippen LogP contribution < -0.4 is 0 Å². The first-order valence-corrected chi connectivity index (χ1v) is 11.5.